The van der Waals surface area contributed by atoms with E-state index >= 15 is 0 Å². The average Bonchev–Trinajstić information content (AvgIpc) is 2.61. The first-order valence-corrected chi connectivity index (χ1v) is 8.38. The third-order valence-electron chi connectivity index (χ3n) is 4.43. The van der Waals surface area contributed by atoms with Gasteiger partial charge in [0.1, 0.15) is 17.3 Å². The van der Waals surface area contributed by atoms with E-state index in [2.05, 4.69) is 23.7 Å². The van der Waals surface area contributed by atoms with Gasteiger partial charge in [0.25, 0.3) is 0 Å². The van der Waals surface area contributed by atoms with Gasteiger partial charge < -0.3 is 9.47 Å². The number of nitrogens with zero attached hydrogens (tertiary/aromatic N) is 3. The third kappa shape index (κ3) is 3.51. The van der Waals surface area contributed by atoms with E-state index in [-0.39, 0.29) is 0 Å². The normalized spacial score (nSPS) is 14.5. The summed E-state index contributed by atoms with van der Waals surface area (Å²) in [6.07, 6.45) is 2.95. The second-order valence-corrected chi connectivity index (χ2v) is 6.49. The van der Waals surface area contributed by atoms with Gasteiger partial charge in [0, 0.05) is 55.0 Å². The van der Waals surface area contributed by atoms with E-state index in [1.807, 2.05) is 24.4 Å². The minimum absolute atomic E-state index is 0.370. The molecule has 0 amide bonds. The van der Waals surface area contributed by atoms with Gasteiger partial charge in [-0.05, 0) is 18.2 Å². The molecule has 1 aliphatic rings. The molecule has 5 nitrogen and oxygen atoms in total. The molecule has 1 aromatic heterocycles. The van der Waals surface area contributed by atoms with Crippen LogP contribution in [0.15, 0.2) is 24.4 Å². The highest BCUT2D eigenvalue weighted by atomic mass is 16.5. The Balaban J connectivity index is 1.77. The second-order valence-electron chi connectivity index (χ2n) is 6.49. The Morgan fingerprint density at radius 1 is 1.21 bits per heavy atom. The SMILES string of the molecule is COc1ccc(OC)c(CN2CCc3nc(C(C)C)ncc3C2)c1. The van der Waals surface area contributed by atoms with Gasteiger partial charge in [-0.25, -0.2) is 9.97 Å². The van der Waals surface area contributed by atoms with E-state index in [0.29, 0.717) is 5.92 Å². The maximum Gasteiger partial charge on any atom is 0.131 e. The number of hydrogen-bond acceptors (Lipinski definition) is 5. The molecular weight excluding hydrogens is 302 g/mol. The van der Waals surface area contributed by atoms with Crippen LogP contribution in [0.5, 0.6) is 11.5 Å². The molecule has 2 aromatic rings. The maximum atomic E-state index is 5.49. The predicted octanol–water partition coefficient (Wildman–Crippen LogP) is 3.18. The molecule has 1 aromatic carbocycles. The summed E-state index contributed by atoms with van der Waals surface area (Å²) in [5.74, 6) is 3.06. The summed E-state index contributed by atoms with van der Waals surface area (Å²) in [5, 5.41) is 0. The van der Waals surface area contributed by atoms with E-state index < -0.39 is 0 Å². The van der Waals surface area contributed by atoms with Crippen LogP contribution in [-0.2, 0) is 19.5 Å². The fourth-order valence-corrected chi connectivity index (χ4v) is 3.05. The number of benzene rings is 1. The van der Waals surface area contributed by atoms with Crippen LogP contribution in [0.2, 0.25) is 0 Å². The zero-order valence-electron chi connectivity index (χ0n) is 14.9. The van der Waals surface area contributed by atoms with Gasteiger partial charge in [0.2, 0.25) is 0 Å². The van der Waals surface area contributed by atoms with Gasteiger partial charge >= 0.3 is 0 Å². The van der Waals surface area contributed by atoms with Crippen molar-refractivity contribution < 1.29 is 9.47 Å². The standard InChI is InChI=1S/C19H25N3O2/c1-13(2)19-20-10-15-12-22(8-7-17(15)21-19)11-14-9-16(23-3)5-6-18(14)24-4/h5-6,9-10,13H,7-8,11-12H2,1-4H3. The van der Waals surface area contributed by atoms with E-state index in [1.54, 1.807) is 14.2 Å². The summed E-state index contributed by atoms with van der Waals surface area (Å²) in [4.78, 5) is 11.6. The molecule has 1 aliphatic heterocycles. The van der Waals surface area contributed by atoms with Crippen molar-refractivity contribution in [3.63, 3.8) is 0 Å². The molecule has 0 saturated heterocycles. The Bertz CT molecular complexity index is 716. The van der Waals surface area contributed by atoms with E-state index in [0.717, 1.165) is 48.9 Å². The van der Waals surface area contributed by atoms with E-state index in [1.165, 1.54) is 11.3 Å². The molecule has 5 heteroatoms. The highest BCUT2D eigenvalue weighted by Crippen LogP contribution is 2.27. The molecule has 128 valence electrons. The zero-order valence-corrected chi connectivity index (χ0v) is 14.9. The highest BCUT2D eigenvalue weighted by molar-refractivity contribution is 5.40. The number of hydrogen-bond donors (Lipinski definition) is 0. The molecule has 3 rings (SSSR count). The molecule has 0 aliphatic carbocycles. The molecule has 0 atom stereocenters. The van der Waals surface area contributed by atoms with Crippen LogP contribution in [0, 0.1) is 0 Å². The van der Waals surface area contributed by atoms with Gasteiger partial charge in [-0.3, -0.25) is 4.90 Å². The summed E-state index contributed by atoms with van der Waals surface area (Å²) in [5.41, 5.74) is 3.56. The maximum absolute atomic E-state index is 5.49. The Morgan fingerprint density at radius 3 is 2.75 bits per heavy atom. The van der Waals surface area contributed by atoms with Gasteiger partial charge in [-0.1, -0.05) is 13.8 Å². The number of rotatable bonds is 5. The summed E-state index contributed by atoms with van der Waals surface area (Å²) in [7, 11) is 3.39. The molecule has 0 bridgehead atoms. The zero-order chi connectivity index (χ0) is 17.1. The van der Waals surface area contributed by atoms with Gasteiger partial charge in [0.05, 0.1) is 14.2 Å². The average molecular weight is 327 g/mol. The summed E-state index contributed by atoms with van der Waals surface area (Å²) >= 11 is 0. The molecule has 2 heterocycles. The van der Waals surface area contributed by atoms with Crippen LogP contribution >= 0.6 is 0 Å². The van der Waals surface area contributed by atoms with Crippen LogP contribution in [0.4, 0.5) is 0 Å². The summed E-state index contributed by atoms with van der Waals surface area (Å²) in [6, 6.07) is 5.94. The molecule has 0 radical (unpaired) electrons. The Hall–Kier alpha value is -2.14. The fourth-order valence-electron chi connectivity index (χ4n) is 3.05. The van der Waals surface area contributed by atoms with Crippen LogP contribution in [-0.4, -0.2) is 35.6 Å². The van der Waals surface area contributed by atoms with Crippen LogP contribution in [0.25, 0.3) is 0 Å². The molecule has 0 saturated carbocycles. The molecule has 0 unspecified atom stereocenters. The van der Waals surface area contributed by atoms with Gasteiger partial charge in [-0.15, -0.1) is 0 Å². The largest absolute Gasteiger partial charge is 0.497 e. The lowest BCUT2D eigenvalue weighted by Gasteiger charge is -2.28. The molecule has 0 N–H and O–H groups in total. The Kier molecular flexibility index (Phi) is 5.00. The van der Waals surface area contributed by atoms with Gasteiger partial charge in [0.15, 0.2) is 0 Å². The smallest absolute Gasteiger partial charge is 0.131 e. The van der Waals surface area contributed by atoms with Crippen molar-refractivity contribution in [3.8, 4) is 11.5 Å². The number of aromatic nitrogens is 2. The molecular formula is C19H25N3O2. The minimum Gasteiger partial charge on any atom is -0.497 e. The summed E-state index contributed by atoms with van der Waals surface area (Å²) < 4.78 is 10.8. The fraction of sp³-hybridized carbons (Fsp3) is 0.474. The van der Waals surface area contributed by atoms with Gasteiger partial charge in [-0.2, -0.15) is 0 Å². The summed E-state index contributed by atoms with van der Waals surface area (Å²) in [6.45, 7) is 6.94. The van der Waals surface area contributed by atoms with Crippen molar-refractivity contribution in [1.82, 2.24) is 14.9 Å². The Morgan fingerprint density at radius 2 is 2.04 bits per heavy atom. The van der Waals surface area contributed by atoms with Crippen LogP contribution in [0.1, 0.15) is 42.4 Å². The molecule has 0 fully saturated rings. The van der Waals surface area contributed by atoms with Crippen molar-refractivity contribution in [1.29, 1.82) is 0 Å². The first kappa shape index (κ1) is 16.7. The first-order chi connectivity index (χ1) is 11.6. The lowest BCUT2D eigenvalue weighted by molar-refractivity contribution is 0.238. The lowest BCUT2D eigenvalue weighted by atomic mass is 10.0. The number of ether oxygens (including phenoxy) is 2. The lowest BCUT2D eigenvalue weighted by Crippen LogP contribution is -2.31. The second kappa shape index (κ2) is 7.18. The topological polar surface area (TPSA) is 47.5 Å². The number of fused-ring (bicyclic) bond motifs is 1. The minimum atomic E-state index is 0.370. The van der Waals surface area contributed by atoms with Crippen molar-refractivity contribution in [2.75, 3.05) is 20.8 Å². The van der Waals surface area contributed by atoms with Crippen LogP contribution < -0.4 is 9.47 Å². The first-order valence-electron chi connectivity index (χ1n) is 8.38. The quantitative estimate of drug-likeness (QED) is 0.844. The van der Waals surface area contributed by atoms with Crippen LogP contribution in [0.3, 0.4) is 0 Å². The molecule has 0 spiro atoms. The monoisotopic (exact) mass is 327 g/mol. The van der Waals surface area contributed by atoms with Crippen molar-refractivity contribution in [2.24, 2.45) is 0 Å². The highest BCUT2D eigenvalue weighted by Gasteiger charge is 2.20. The van der Waals surface area contributed by atoms with Crippen molar-refractivity contribution >= 4 is 0 Å². The van der Waals surface area contributed by atoms with E-state index in [9.17, 15) is 0 Å². The predicted molar refractivity (Wildman–Crippen MR) is 93.5 cm³/mol. The van der Waals surface area contributed by atoms with Crippen molar-refractivity contribution in [2.45, 2.75) is 39.3 Å². The third-order valence-corrected chi connectivity index (χ3v) is 4.43. The Labute approximate surface area is 143 Å². The number of methoxy groups -OCH3 is 2. The van der Waals surface area contributed by atoms with E-state index in [4.69, 9.17) is 14.5 Å². The molecule has 24 heavy (non-hydrogen) atoms. The van der Waals surface area contributed by atoms with Crippen molar-refractivity contribution in [3.05, 3.63) is 47.0 Å².